The molecular weight excluding hydrogens is 246 g/mol. The molecule has 120 valence electrons. The Morgan fingerprint density at radius 3 is 2.00 bits per heavy atom. The first kappa shape index (κ1) is 18.0. The van der Waals surface area contributed by atoms with Crippen molar-refractivity contribution in [3.8, 4) is 0 Å². The molecule has 1 saturated heterocycles. The van der Waals surface area contributed by atoms with Gasteiger partial charge in [-0.05, 0) is 52.9 Å². The predicted molar refractivity (Wildman–Crippen MR) is 87.7 cm³/mol. The largest absolute Gasteiger partial charge is 0.298 e. The summed E-state index contributed by atoms with van der Waals surface area (Å²) in [6.07, 6.45) is 10.6. The van der Waals surface area contributed by atoms with Gasteiger partial charge in [0.1, 0.15) is 0 Å². The van der Waals surface area contributed by atoms with Gasteiger partial charge in [-0.15, -0.1) is 0 Å². The summed E-state index contributed by atoms with van der Waals surface area (Å²) in [7, 11) is 0. The van der Waals surface area contributed by atoms with E-state index in [4.69, 9.17) is 4.84 Å². The molecule has 0 aliphatic carbocycles. The van der Waals surface area contributed by atoms with Gasteiger partial charge in [0.05, 0.1) is 6.61 Å². The van der Waals surface area contributed by atoms with Crippen LogP contribution in [0.25, 0.3) is 0 Å². The normalized spacial score (nSPS) is 23.1. The van der Waals surface area contributed by atoms with Gasteiger partial charge in [0, 0.05) is 11.1 Å². The summed E-state index contributed by atoms with van der Waals surface area (Å²) in [6, 6.07) is 0. The van der Waals surface area contributed by atoms with Gasteiger partial charge >= 0.3 is 0 Å². The number of rotatable bonds is 8. The molecule has 0 amide bonds. The van der Waals surface area contributed by atoms with Crippen LogP contribution < -0.4 is 0 Å². The third kappa shape index (κ3) is 5.04. The molecule has 20 heavy (non-hydrogen) atoms. The summed E-state index contributed by atoms with van der Waals surface area (Å²) in [5, 5.41) is 2.30. The Bertz CT molecular complexity index is 255. The van der Waals surface area contributed by atoms with Crippen LogP contribution in [-0.2, 0) is 4.84 Å². The summed E-state index contributed by atoms with van der Waals surface area (Å²) in [4.78, 5) is 6.09. The van der Waals surface area contributed by atoms with Crippen molar-refractivity contribution in [2.24, 2.45) is 5.92 Å². The van der Waals surface area contributed by atoms with E-state index in [-0.39, 0.29) is 11.1 Å². The Kier molecular flexibility index (Phi) is 7.00. The average molecular weight is 284 g/mol. The molecular formula is C18H37NO. The topological polar surface area (TPSA) is 12.5 Å². The van der Waals surface area contributed by atoms with Crippen LogP contribution in [0.15, 0.2) is 0 Å². The quantitative estimate of drug-likeness (QED) is 0.540. The minimum atomic E-state index is 0.159. The van der Waals surface area contributed by atoms with Gasteiger partial charge in [-0.3, -0.25) is 4.84 Å². The maximum atomic E-state index is 6.09. The lowest BCUT2D eigenvalue weighted by molar-refractivity contribution is -0.288. The molecule has 0 atom stereocenters. The van der Waals surface area contributed by atoms with Gasteiger partial charge in [0.25, 0.3) is 0 Å². The molecule has 2 nitrogen and oxygen atoms in total. The molecule has 1 aliphatic rings. The SMILES string of the molecule is CCCCCCC1CC(C)(C)N(OCCC)C(C)(C)C1. The zero-order valence-corrected chi connectivity index (χ0v) is 14.8. The summed E-state index contributed by atoms with van der Waals surface area (Å²) >= 11 is 0. The highest BCUT2D eigenvalue weighted by Crippen LogP contribution is 2.43. The van der Waals surface area contributed by atoms with Crippen LogP contribution in [0.5, 0.6) is 0 Å². The zero-order valence-electron chi connectivity index (χ0n) is 14.8. The van der Waals surface area contributed by atoms with E-state index >= 15 is 0 Å². The second kappa shape index (κ2) is 7.79. The number of piperidine rings is 1. The van der Waals surface area contributed by atoms with Crippen molar-refractivity contribution in [1.29, 1.82) is 0 Å². The van der Waals surface area contributed by atoms with Crippen LogP contribution in [0.2, 0.25) is 0 Å². The van der Waals surface area contributed by atoms with Crippen molar-refractivity contribution in [2.45, 2.75) is 104 Å². The molecule has 1 heterocycles. The fourth-order valence-corrected chi connectivity index (χ4v) is 4.07. The zero-order chi connectivity index (χ0) is 15.2. The fraction of sp³-hybridized carbons (Fsp3) is 1.00. The van der Waals surface area contributed by atoms with Crippen molar-refractivity contribution in [2.75, 3.05) is 6.61 Å². The molecule has 0 saturated carbocycles. The standard InChI is InChI=1S/C18H37NO/c1-7-9-10-11-12-16-14-17(3,4)19(20-13-8-2)18(5,6)15-16/h16H,7-15H2,1-6H3. The fourth-order valence-electron chi connectivity index (χ4n) is 4.07. The lowest BCUT2D eigenvalue weighted by Crippen LogP contribution is -2.60. The second-order valence-electron chi connectivity index (χ2n) is 7.88. The maximum Gasteiger partial charge on any atom is 0.0683 e. The molecule has 1 fully saturated rings. The minimum Gasteiger partial charge on any atom is -0.298 e. The van der Waals surface area contributed by atoms with Crippen molar-refractivity contribution in [3.05, 3.63) is 0 Å². The monoisotopic (exact) mass is 283 g/mol. The van der Waals surface area contributed by atoms with E-state index in [1.807, 2.05) is 0 Å². The maximum absolute atomic E-state index is 6.09. The smallest absolute Gasteiger partial charge is 0.0683 e. The Labute approximate surface area is 127 Å². The molecule has 0 spiro atoms. The highest BCUT2D eigenvalue weighted by Gasteiger charge is 2.45. The summed E-state index contributed by atoms with van der Waals surface area (Å²) in [6.45, 7) is 14.7. The summed E-state index contributed by atoms with van der Waals surface area (Å²) in [5.74, 6) is 0.860. The lowest BCUT2D eigenvalue weighted by atomic mass is 9.73. The highest BCUT2D eigenvalue weighted by molar-refractivity contribution is 4.96. The van der Waals surface area contributed by atoms with E-state index in [1.54, 1.807) is 0 Å². The van der Waals surface area contributed by atoms with E-state index in [0.717, 1.165) is 18.9 Å². The van der Waals surface area contributed by atoms with E-state index in [0.29, 0.717) is 0 Å². The molecule has 0 bridgehead atoms. The van der Waals surface area contributed by atoms with Crippen LogP contribution in [0.4, 0.5) is 0 Å². The number of nitrogens with zero attached hydrogens (tertiary/aromatic N) is 1. The minimum absolute atomic E-state index is 0.159. The number of hydroxylamine groups is 2. The molecule has 0 aromatic heterocycles. The highest BCUT2D eigenvalue weighted by atomic mass is 16.7. The second-order valence-corrected chi connectivity index (χ2v) is 7.88. The van der Waals surface area contributed by atoms with Crippen LogP contribution in [0.3, 0.4) is 0 Å². The first-order valence-corrected chi connectivity index (χ1v) is 8.76. The van der Waals surface area contributed by atoms with Gasteiger partial charge in [-0.25, -0.2) is 0 Å². The summed E-state index contributed by atoms with van der Waals surface area (Å²) < 4.78 is 0. The molecule has 1 rings (SSSR count). The Hall–Kier alpha value is -0.0800. The van der Waals surface area contributed by atoms with Crippen molar-refractivity contribution < 1.29 is 4.84 Å². The molecule has 1 aliphatic heterocycles. The third-order valence-corrected chi connectivity index (χ3v) is 4.57. The molecule has 0 radical (unpaired) electrons. The van der Waals surface area contributed by atoms with Gasteiger partial charge in [-0.1, -0.05) is 46.0 Å². The van der Waals surface area contributed by atoms with Crippen molar-refractivity contribution >= 4 is 0 Å². The van der Waals surface area contributed by atoms with Crippen molar-refractivity contribution in [3.63, 3.8) is 0 Å². The van der Waals surface area contributed by atoms with Crippen LogP contribution in [0, 0.1) is 5.92 Å². The Morgan fingerprint density at radius 2 is 1.50 bits per heavy atom. The van der Waals surface area contributed by atoms with Crippen LogP contribution in [0.1, 0.15) is 92.9 Å². The lowest BCUT2D eigenvalue weighted by Gasteiger charge is -2.54. The van der Waals surface area contributed by atoms with E-state index < -0.39 is 0 Å². The van der Waals surface area contributed by atoms with E-state index in [2.05, 4.69) is 46.6 Å². The van der Waals surface area contributed by atoms with Crippen molar-refractivity contribution in [1.82, 2.24) is 5.06 Å². The van der Waals surface area contributed by atoms with Crippen LogP contribution >= 0.6 is 0 Å². The van der Waals surface area contributed by atoms with Gasteiger partial charge < -0.3 is 0 Å². The van der Waals surface area contributed by atoms with E-state index in [1.165, 1.54) is 44.9 Å². The number of unbranched alkanes of at least 4 members (excludes halogenated alkanes) is 3. The average Bonchev–Trinajstić information content (AvgIpc) is 2.32. The van der Waals surface area contributed by atoms with Gasteiger partial charge in [0.15, 0.2) is 0 Å². The van der Waals surface area contributed by atoms with Gasteiger partial charge in [-0.2, -0.15) is 5.06 Å². The Morgan fingerprint density at radius 1 is 0.900 bits per heavy atom. The molecule has 2 heteroatoms. The van der Waals surface area contributed by atoms with E-state index in [9.17, 15) is 0 Å². The van der Waals surface area contributed by atoms with Crippen LogP contribution in [-0.4, -0.2) is 22.7 Å². The molecule has 0 N–H and O–H groups in total. The third-order valence-electron chi connectivity index (χ3n) is 4.57. The predicted octanol–water partition coefficient (Wildman–Crippen LogP) is 5.57. The molecule has 0 unspecified atom stereocenters. The number of hydrogen-bond donors (Lipinski definition) is 0. The molecule has 0 aromatic carbocycles. The summed E-state index contributed by atoms with van der Waals surface area (Å²) in [5.41, 5.74) is 0.318. The van der Waals surface area contributed by atoms with Gasteiger partial charge in [0.2, 0.25) is 0 Å². The number of hydrogen-bond acceptors (Lipinski definition) is 2. The molecule has 0 aromatic rings. The first-order valence-electron chi connectivity index (χ1n) is 8.76. The Balaban J connectivity index is 2.57. The first-order chi connectivity index (χ1) is 9.33.